The lowest BCUT2D eigenvalue weighted by Gasteiger charge is -2.30. The van der Waals surface area contributed by atoms with Crippen LogP contribution < -0.4 is 10.6 Å². The molecule has 0 atom stereocenters. The second kappa shape index (κ2) is 11.5. The van der Waals surface area contributed by atoms with Gasteiger partial charge in [0.25, 0.3) is 0 Å². The van der Waals surface area contributed by atoms with Crippen molar-refractivity contribution < 1.29 is 14.3 Å². The maximum atomic E-state index is 12.7. The molecule has 0 spiro atoms. The number of hydrogen-bond donors (Lipinski definition) is 2. The van der Waals surface area contributed by atoms with Crippen LogP contribution in [0.25, 0.3) is 11.3 Å². The molecule has 35 heavy (non-hydrogen) atoms. The normalized spacial score (nSPS) is 14.3. The van der Waals surface area contributed by atoms with Crippen LogP contribution in [0.2, 0.25) is 0 Å². The number of piperidine rings is 1. The molecule has 0 saturated carbocycles. The average molecular weight is 475 g/mol. The van der Waals surface area contributed by atoms with Crippen LogP contribution in [0.15, 0.2) is 55.0 Å². The number of amides is 1. The lowest BCUT2D eigenvalue weighted by molar-refractivity contribution is -0.149. The highest BCUT2D eigenvalue weighted by molar-refractivity contribution is 5.93. The third-order valence-corrected chi connectivity index (χ3v) is 5.96. The van der Waals surface area contributed by atoms with Crippen molar-refractivity contribution in [3.63, 3.8) is 0 Å². The standard InChI is InChI=1S/C26H30N6O3/c1-3-35-25(34)19-9-13-32(14-10-19)17-24(33)29-21-7-6-18(2)23(15-21)31-26-28-12-8-22(30-26)20-5-4-11-27-16-20/h4-8,11-12,15-16,19H,3,9-10,13-14,17H2,1-2H3,(H,29,33)(H,28,30,31). The SMILES string of the molecule is CCOC(=O)C1CCN(CC(=O)Nc2ccc(C)c(Nc3nccc(-c4cccnc4)n3)c2)CC1. The molecule has 182 valence electrons. The van der Waals surface area contributed by atoms with E-state index in [1.165, 1.54) is 0 Å². The van der Waals surface area contributed by atoms with Crippen LogP contribution in [-0.4, -0.2) is 58.0 Å². The van der Waals surface area contributed by atoms with Crippen LogP contribution >= 0.6 is 0 Å². The van der Waals surface area contributed by atoms with Gasteiger partial charge >= 0.3 is 5.97 Å². The van der Waals surface area contributed by atoms with E-state index in [1.807, 2.05) is 50.2 Å². The van der Waals surface area contributed by atoms with Crippen molar-refractivity contribution in [2.45, 2.75) is 26.7 Å². The first-order valence-corrected chi connectivity index (χ1v) is 11.8. The van der Waals surface area contributed by atoms with Crippen LogP contribution in [0.3, 0.4) is 0 Å². The minimum atomic E-state index is -0.133. The number of benzene rings is 1. The highest BCUT2D eigenvalue weighted by Gasteiger charge is 2.26. The number of carbonyl (C=O) groups excluding carboxylic acids is 2. The zero-order valence-corrected chi connectivity index (χ0v) is 20.0. The molecular formula is C26H30N6O3. The van der Waals surface area contributed by atoms with E-state index in [0.717, 1.165) is 22.5 Å². The molecule has 0 bridgehead atoms. The molecule has 0 radical (unpaired) electrons. The molecule has 1 fully saturated rings. The first-order chi connectivity index (χ1) is 17.0. The van der Waals surface area contributed by atoms with E-state index in [1.54, 1.807) is 18.6 Å². The topological polar surface area (TPSA) is 109 Å². The predicted octanol–water partition coefficient (Wildman–Crippen LogP) is 3.80. The molecule has 0 aliphatic carbocycles. The van der Waals surface area contributed by atoms with Gasteiger partial charge in [0.05, 0.1) is 24.8 Å². The van der Waals surface area contributed by atoms with Crippen LogP contribution in [0.5, 0.6) is 0 Å². The van der Waals surface area contributed by atoms with Gasteiger partial charge < -0.3 is 15.4 Å². The molecule has 1 aliphatic heterocycles. The Morgan fingerprint density at radius 1 is 1.14 bits per heavy atom. The number of anilines is 3. The fraction of sp³-hybridized carbons (Fsp3) is 0.346. The van der Waals surface area contributed by atoms with E-state index in [2.05, 4.69) is 30.5 Å². The van der Waals surface area contributed by atoms with Crippen molar-refractivity contribution in [1.82, 2.24) is 19.9 Å². The maximum absolute atomic E-state index is 12.7. The molecule has 2 N–H and O–H groups in total. The zero-order valence-electron chi connectivity index (χ0n) is 20.0. The average Bonchev–Trinajstić information content (AvgIpc) is 2.87. The van der Waals surface area contributed by atoms with Gasteiger partial charge in [-0.05, 0) is 75.7 Å². The number of hydrogen-bond acceptors (Lipinski definition) is 8. The van der Waals surface area contributed by atoms with Gasteiger partial charge in [-0.25, -0.2) is 9.97 Å². The van der Waals surface area contributed by atoms with Gasteiger partial charge in [0, 0.05) is 35.5 Å². The number of rotatable bonds is 8. The smallest absolute Gasteiger partial charge is 0.309 e. The Hall–Kier alpha value is -3.85. The van der Waals surface area contributed by atoms with E-state index in [0.29, 0.717) is 44.2 Å². The van der Waals surface area contributed by atoms with E-state index in [9.17, 15) is 9.59 Å². The third kappa shape index (κ3) is 6.60. The van der Waals surface area contributed by atoms with Gasteiger partial charge in [0.2, 0.25) is 11.9 Å². The van der Waals surface area contributed by atoms with Crippen molar-refractivity contribution in [1.29, 1.82) is 0 Å². The number of likely N-dealkylation sites (tertiary alicyclic amines) is 1. The second-order valence-corrected chi connectivity index (χ2v) is 8.51. The van der Waals surface area contributed by atoms with Crippen molar-refractivity contribution in [2.24, 2.45) is 5.92 Å². The summed E-state index contributed by atoms with van der Waals surface area (Å²) in [5, 5.41) is 6.23. The Balaban J connectivity index is 1.35. The minimum absolute atomic E-state index is 0.0705. The summed E-state index contributed by atoms with van der Waals surface area (Å²) in [6, 6.07) is 11.3. The highest BCUT2D eigenvalue weighted by atomic mass is 16.5. The predicted molar refractivity (Wildman–Crippen MR) is 134 cm³/mol. The number of esters is 1. The summed E-state index contributed by atoms with van der Waals surface area (Å²) in [6.45, 7) is 5.87. The second-order valence-electron chi connectivity index (χ2n) is 8.51. The lowest BCUT2D eigenvalue weighted by Crippen LogP contribution is -2.41. The van der Waals surface area contributed by atoms with E-state index in [4.69, 9.17) is 4.74 Å². The highest BCUT2D eigenvalue weighted by Crippen LogP contribution is 2.24. The van der Waals surface area contributed by atoms with Gasteiger partial charge in [-0.15, -0.1) is 0 Å². The summed E-state index contributed by atoms with van der Waals surface area (Å²) >= 11 is 0. The van der Waals surface area contributed by atoms with E-state index in [-0.39, 0.29) is 24.3 Å². The molecule has 1 amide bonds. The molecule has 3 aromatic rings. The van der Waals surface area contributed by atoms with Crippen LogP contribution in [-0.2, 0) is 14.3 Å². The number of aryl methyl sites for hydroxylation is 1. The van der Waals surface area contributed by atoms with Crippen LogP contribution in [0.1, 0.15) is 25.3 Å². The zero-order chi connectivity index (χ0) is 24.6. The largest absolute Gasteiger partial charge is 0.466 e. The van der Waals surface area contributed by atoms with Gasteiger partial charge in [-0.1, -0.05) is 6.07 Å². The fourth-order valence-electron chi connectivity index (χ4n) is 4.04. The quantitative estimate of drug-likeness (QED) is 0.475. The Morgan fingerprint density at radius 3 is 2.71 bits per heavy atom. The van der Waals surface area contributed by atoms with E-state index >= 15 is 0 Å². The molecule has 4 rings (SSSR count). The molecule has 1 aromatic carbocycles. The summed E-state index contributed by atoms with van der Waals surface area (Å²) in [4.78, 5) is 39.7. The summed E-state index contributed by atoms with van der Waals surface area (Å²) < 4.78 is 5.11. The molecule has 3 heterocycles. The lowest BCUT2D eigenvalue weighted by atomic mass is 9.97. The summed E-state index contributed by atoms with van der Waals surface area (Å²) in [6.07, 6.45) is 6.60. The maximum Gasteiger partial charge on any atom is 0.309 e. The molecular weight excluding hydrogens is 444 g/mol. The molecule has 0 unspecified atom stereocenters. The van der Waals surface area contributed by atoms with Crippen LogP contribution in [0, 0.1) is 12.8 Å². The monoisotopic (exact) mass is 474 g/mol. The summed E-state index contributed by atoms with van der Waals surface area (Å²) in [7, 11) is 0. The third-order valence-electron chi connectivity index (χ3n) is 5.96. The number of carbonyl (C=O) groups is 2. The van der Waals surface area contributed by atoms with E-state index < -0.39 is 0 Å². The van der Waals surface area contributed by atoms with Gasteiger partial charge in [0.15, 0.2) is 0 Å². The summed E-state index contributed by atoms with van der Waals surface area (Å²) in [5.74, 6) is 0.164. The van der Waals surface area contributed by atoms with Crippen molar-refractivity contribution in [2.75, 3.05) is 36.9 Å². The number of aromatic nitrogens is 3. The summed E-state index contributed by atoms with van der Waals surface area (Å²) in [5.41, 5.74) is 4.17. The van der Waals surface area contributed by atoms with Crippen molar-refractivity contribution >= 4 is 29.2 Å². The minimum Gasteiger partial charge on any atom is -0.466 e. The van der Waals surface area contributed by atoms with Gasteiger partial charge in [-0.2, -0.15) is 0 Å². The van der Waals surface area contributed by atoms with Gasteiger partial charge in [-0.3, -0.25) is 19.5 Å². The molecule has 1 saturated heterocycles. The Morgan fingerprint density at radius 2 is 1.97 bits per heavy atom. The number of ether oxygens (including phenoxy) is 1. The number of nitrogens with one attached hydrogen (secondary N) is 2. The van der Waals surface area contributed by atoms with Crippen molar-refractivity contribution in [3.8, 4) is 11.3 Å². The number of nitrogens with zero attached hydrogens (tertiary/aromatic N) is 4. The molecule has 1 aliphatic rings. The first-order valence-electron chi connectivity index (χ1n) is 11.8. The Kier molecular flexibility index (Phi) is 7.99. The molecule has 9 heteroatoms. The Labute approximate surface area is 205 Å². The first kappa shape index (κ1) is 24.3. The molecule has 2 aromatic heterocycles. The van der Waals surface area contributed by atoms with Gasteiger partial charge in [0.1, 0.15) is 0 Å². The van der Waals surface area contributed by atoms with Crippen molar-refractivity contribution in [3.05, 3.63) is 60.6 Å². The Bertz CT molecular complexity index is 1160. The fourth-order valence-corrected chi connectivity index (χ4v) is 4.04. The number of pyridine rings is 1. The molecule has 9 nitrogen and oxygen atoms in total. The van der Waals surface area contributed by atoms with Crippen LogP contribution in [0.4, 0.5) is 17.3 Å².